The summed E-state index contributed by atoms with van der Waals surface area (Å²) in [4.78, 5) is 16.9. The van der Waals surface area contributed by atoms with E-state index in [1.165, 1.54) is 0 Å². The van der Waals surface area contributed by atoms with Crippen molar-refractivity contribution in [3.05, 3.63) is 28.6 Å². The number of ether oxygens (including phenoxy) is 2. The van der Waals surface area contributed by atoms with Gasteiger partial charge in [-0.3, -0.25) is 10.1 Å². The zero-order valence-corrected chi connectivity index (χ0v) is 9.87. The molecule has 0 spiro atoms. The molecule has 1 heterocycles. The predicted molar refractivity (Wildman–Crippen MR) is 59.5 cm³/mol. The standard InChI is InChI=1S/C10H5F4N3O4/c11-9(12)20-7-2-5-4(1-6(7)17(18)19)8(16-3-15-5)21-10(13)14/h1-3,9-10H. The highest BCUT2D eigenvalue weighted by atomic mass is 19.3. The van der Waals surface area contributed by atoms with E-state index < -0.39 is 35.5 Å². The molecule has 0 aliphatic heterocycles. The maximum atomic E-state index is 12.2. The minimum Gasteiger partial charge on any atom is -0.427 e. The highest BCUT2D eigenvalue weighted by Crippen LogP contribution is 2.35. The summed E-state index contributed by atoms with van der Waals surface area (Å²) in [7, 11) is 0. The average Bonchev–Trinajstić information content (AvgIpc) is 2.36. The minimum atomic E-state index is -3.29. The van der Waals surface area contributed by atoms with Gasteiger partial charge in [0.1, 0.15) is 6.33 Å². The molecular weight excluding hydrogens is 302 g/mol. The van der Waals surface area contributed by atoms with E-state index in [0.717, 1.165) is 18.5 Å². The summed E-state index contributed by atoms with van der Waals surface area (Å²) in [5.41, 5.74) is -0.974. The van der Waals surface area contributed by atoms with Crippen LogP contribution in [0, 0.1) is 10.1 Å². The van der Waals surface area contributed by atoms with Crippen LogP contribution in [-0.2, 0) is 0 Å². The lowest BCUT2D eigenvalue weighted by Crippen LogP contribution is -2.07. The van der Waals surface area contributed by atoms with Crippen LogP contribution in [0.1, 0.15) is 0 Å². The molecule has 1 aromatic heterocycles. The van der Waals surface area contributed by atoms with E-state index in [2.05, 4.69) is 19.4 Å². The zero-order chi connectivity index (χ0) is 15.6. The molecule has 1 aromatic carbocycles. The molecule has 0 atom stereocenters. The maximum Gasteiger partial charge on any atom is 0.388 e. The fraction of sp³-hybridized carbons (Fsp3) is 0.200. The van der Waals surface area contributed by atoms with E-state index in [1.807, 2.05) is 0 Å². The van der Waals surface area contributed by atoms with Crippen LogP contribution >= 0.6 is 0 Å². The molecule has 0 fully saturated rings. The third-order valence-corrected chi connectivity index (χ3v) is 2.29. The minimum absolute atomic E-state index is 0.123. The van der Waals surface area contributed by atoms with Crippen molar-refractivity contribution >= 4 is 16.6 Å². The predicted octanol–water partition coefficient (Wildman–Crippen LogP) is 2.74. The third kappa shape index (κ3) is 3.24. The normalized spacial score (nSPS) is 11.1. The molecule has 2 rings (SSSR count). The van der Waals surface area contributed by atoms with E-state index in [1.54, 1.807) is 0 Å². The molecule has 21 heavy (non-hydrogen) atoms. The topological polar surface area (TPSA) is 87.4 Å². The smallest absolute Gasteiger partial charge is 0.388 e. The molecule has 2 aromatic rings. The Kier molecular flexibility index (Phi) is 4.00. The number of hydrogen-bond donors (Lipinski definition) is 0. The van der Waals surface area contributed by atoms with Gasteiger partial charge in [-0.25, -0.2) is 9.97 Å². The summed E-state index contributed by atoms with van der Waals surface area (Å²) in [6.07, 6.45) is 0.845. The van der Waals surface area contributed by atoms with Crippen LogP contribution in [0.2, 0.25) is 0 Å². The molecule has 0 N–H and O–H groups in total. The van der Waals surface area contributed by atoms with Crippen molar-refractivity contribution < 1.29 is 32.0 Å². The quantitative estimate of drug-likeness (QED) is 0.479. The molecule has 0 aliphatic carbocycles. The third-order valence-electron chi connectivity index (χ3n) is 2.29. The van der Waals surface area contributed by atoms with Crippen molar-refractivity contribution in [1.82, 2.24) is 9.97 Å². The molecule has 0 radical (unpaired) electrons. The molecular formula is C10H5F4N3O4. The maximum absolute atomic E-state index is 12.2. The Morgan fingerprint density at radius 3 is 2.33 bits per heavy atom. The summed E-state index contributed by atoms with van der Waals surface area (Å²) in [5, 5.41) is 10.6. The van der Waals surface area contributed by atoms with Crippen LogP contribution < -0.4 is 9.47 Å². The summed E-state index contributed by atoms with van der Waals surface area (Å²) in [5.74, 6) is -1.36. The summed E-state index contributed by atoms with van der Waals surface area (Å²) in [6.45, 7) is -6.50. The van der Waals surface area contributed by atoms with Gasteiger partial charge >= 0.3 is 18.9 Å². The fourth-order valence-corrected chi connectivity index (χ4v) is 1.56. The largest absolute Gasteiger partial charge is 0.427 e. The van der Waals surface area contributed by atoms with Crippen molar-refractivity contribution in [3.63, 3.8) is 0 Å². The zero-order valence-electron chi connectivity index (χ0n) is 9.87. The van der Waals surface area contributed by atoms with Gasteiger partial charge in [-0.2, -0.15) is 17.6 Å². The van der Waals surface area contributed by atoms with Gasteiger partial charge in [0.25, 0.3) is 0 Å². The van der Waals surface area contributed by atoms with Crippen LogP contribution in [0.25, 0.3) is 10.9 Å². The van der Waals surface area contributed by atoms with Crippen molar-refractivity contribution in [2.45, 2.75) is 13.2 Å². The lowest BCUT2D eigenvalue weighted by molar-refractivity contribution is -0.386. The van der Waals surface area contributed by atoms with E-state index in [9.17, 15) is 27.7 Å². The van der Waals surface area contributed by atoms with Crippen LogP contribution in [0.4, 0.5) is 23.2 Å². The molecule has 0 saturated heterocycles. The van der Waals surface area contributed by atoms with Crippen LogP contribution in [0.5, 0.6) is 11.6 Å². The monoisotopic (exact) mass is 307 g/mol. The van der Waals surface area contributed by atoms with Gasteiger partial charge < -0.3 is 9.47 Å². The Morgan fingerprint density at radius 1 is 1.10 bits per heavy atom. The summed E-state index contributed by atoms with van der Waals surface area (Å²) < 4.78 is 57.0. The van der Waals surface area contributed by atoms with Gasteiger partial charge in [-0.1, -0.05) is 0 Å². The molecule has 0 saturated carbocycles. The van der Waals surface area contributed by atoms with Crippen molar-refractivity contribution in [3.8, 4) is 11.6 Å². The average molecular weight is 307 g/mol. The van der Waals surface area contributed by atoms with Crippen molar-refractivity contribution in [1.29, 1.82) is 0 Å². The van der Waals surface area contributed by atoms with Crippen molar-refractivity contribution in [2.24, 2.45) is 0 Å². The first-order valence-electron chi connectivity index (χ1n) is 5.21. The first-order valence-corrected chi connectivity index (χ1v) is 5.21. The summed E-state index contributed by atoms with van der Waals surface area (Å²) >= 11 is 0. The Hall–Kier alpha value is -2.72. The van der Waals surface area contributed by atoms with Gasteiger partial charge in [-0.05, 0) is 0 Å². The van der Waals surface area contributed by atoms with Gasteiger partial charge in [-0.15, -0.1) is 0 Å². The lowest BCUT2D eigenvalue weighted by atomic mass is 10.2. The molecule has 0 amide bonds. The second-order valence-electron chi connectivity index (χ2n) is 3.53. The van der Waals surface area contributed by atoms with E-state index in [-0.39, 0.29) is 10.9 Å². The molecule has 112 valence electrons. The molecule has 0 unspecified atom stereocenters. The van der Waals surface area contributed by atoms with Crippen molar-refractivity contribution in [2.75, 3.05) is 0 Å². The lowest BCUT2D eigenvalue weighted by Gasteiger charge is -2.09. The van der Waals surface area contributed by atoms with Gasteiger partial charge in [0.05, 0.1) is 15.8 Å². The second-order valence-corrected chi connectivity index (χ2v) is 3.53. The molecule has 11 heteroatoms. The highest BCUT2D eigenvalue weighted by molar-refractivity contribution is 5.87. The number of nitro groups is 1. The first-order chi connectivity index (χ1) is 9.88. The van der Waals surface area contributed by atoms with Crippen LogP contribution in [0.3, 0.4) is 0 Å². The van der Waals surface area contributed by atoms with Gasteiger partial charge in [0.2, 0.25) is 11.6 Å². The number of benzene rings is 1. The molecule has 0 aliphatic rings. The van der Waals surface area contributed by atoms with Crippen LogP contribution in [-0.4, -0.2) is 28.1 Å². The summed E-state index contributed by atoms with van der Waals surface area (Å²) in [6, 6.07) is 1.55. The fourth-order valence-electron chi connectivity index (χ4n) is 1.56. The highest BCUT2D eigenvalue weighted by Gasteiger charge is 2.22. The van der Waals surface area contributed by atoms with Gasteiger partial charge in [0.15, 0.2) is 0 Å². The first kappa shape index (κ1) is 14.7. The molecule has 0 bridgehead atoms. The number of nitro benzene ring substituents is 1. The number of hydrogen-bond acceptors (Lipinski definition) is 6. The Balaban J connectivity index is 2.63. The Bertz CT molecular complexity index is 683. The van der Waals surface area contributed by atoms with Gasteiger partial charge in [0, 0.05) is 12.1 Å². The molecule has 7 nitrogen and oxygen atoms in total. The number of nitrogens with zero attached hydrogens (tertiary/aromatic N) is 3. The second kappa shape index (κ2) is 5.73. The number of halogens is 4. The Morgan fingerprint density at radius 2 is 1.76 bits per heavy atom. The number of fused-ring (bicyclic) bond motifs is 1. The van der Waals surface area contributed by atoms with E-state index >= 15 is 0 Å². The van der Waals surface area contributed by atoms with Crippen LogP contribution in [0.15, 0.2) is 18.5 Å². The number of rotatable bonds is 5. The van der Waals surface area contributed by atoms with E-state index in [4.69, 9.17) is 0 Å². The van der Waals surface area contributed by atoms with E-state index in [0.29, 0.717) is 0 Å². The Labute approximate surface area is 113 Å². The number of aromatic nitrogens is 2. The SMILES string of the molecule is O=[N+]([O-])c1cc2c(OC(F)F)ncnc2cc1OC(F)F. The number of alkyl halides is 4.